The smallest absolute Gasteiger partial charge is 0.236 e. The standard InChI is InChI=1S/C34H71N7O3/c1-2-3-4-5-6-7-8-9-10-11-12-13-14-23-32(42)41(28-19-26-39-33(43)30(37)21-15-17-24-35)29-20-27-40-34(44)31(38)22-16-18-25-36/h30-31H,2-29,35-38H2,1H3,(H,39,43)(H,40,44)/t30-,31-/m1/s1. The first kappa shape index (κ1) is 42.2. The fourth-order valence-corrected chi connectivity index (χ4v) is 5.32. The average molecular weight is 626 g/mol. The Hall–Kier alpha value is -1.75. The van der Waals surface area contributed by atoms with Gasteiger partial charge in [0, 0.05) is 32.6 Å². The van der Waals surface area contributed by atoms with Gasteiger partial charge >= 0.3 is 0 Å². The molecule has 0 unspecified atom stereocenters. The van der Waals surface area contributed by atoms with Gasteiger partial charge in [-0.2, -0.15) is 0 Å². The lowest BCUT2D eigenvalue weighted by atomic mass is 10.0. The minimum atomic E-state index is -0.528. The van der Waals surface area contributed by atoms with E-state index in [-0.39, 0.29) is 17.7 Å². The molecule has 0 radical (unpaired) electrons. The van der Waals surface area contributed by atoms with Gasteiger partial charge in [-0.3, -0.25) is 14.4 Å². The summed E-state index contributed by atoms with van der Waals surface area (Å²) in [4.78, 5) is 39.5. The lowest BCUT2D eigenvalue weighted by Crippen LogP contribution is -2.43. The van der Waals surface area contributed by atoms with Crippen LogP contribution in [0.5, 0.6) is 0 Å². The molecule has 0 fully saturated rings. The van der Waals surface area contributed by atoms with Crippen molar-refractivity contribution in [1.29, 1.82) is 0 Å². The highest BCUT2D eigenvalue weighted by atomic mass is 16.2. The molecule has 260 valence electrons. The van der Waals surface area contributed by atoms with E-state index in [0.717, 1.165) is 38.5 Å². The van der Waals surface area contributed by atoms with Crippen LogP contribution in [0, 0.1) is 0 Å². The van der Waals surface area contributed by atoms with Crippen LogP contribution in [0.2, 0.25) is 0 Å². The molecule has 0 aliphatic rings. The molecule has 10 nitrogen and oxygen atoms in total. The highest BCUT2D eigenvalue weighted by Crippen LogP contribution is 2.13. The summed E-state index contributed by atoms with van der Waals surface area (Å²) in [5.74, 6) is -0.169. The van der Waals surface area contributed by atoms with Crippen molar-refractivity contribution in [3.63, 3.8) is 0 Å². The average Bonchev–Trinajstić information content (AvgIpc) is 3.02. The van der Waals surface area contributed by atoms with E-state index in [4.69, 9.17) is 22.9 Å². The Labute approximate surface area is 269 Å². The second kappa shape index (κ2) is 31.2. The Balaban J connectivity index is 4.41. The van der Waals surface area contributed by atoms with E-state index in [9.17, 15) is 14.4 Å². The van der Waals surface area contributed by atoms with Crippen LogP contribution in [0.1, 0.15) is 148 Å². The third-order valence-electron chi connectivity index (χ3n) is 8.27. The second-order valence-electron chi connectivity index (χ2n) is 12.4. The zero-order chi connectivity index (χ0) is 32.7. The predicted molar refractivity (Wildman–Crippen MR) is 184 cm³/mol. The second-order valence-corrected chi connectivity index (χ2v) is 12.4. The van der Waals surface area contributed by atoms with Crippen LogP contribution in [0.25, 0.3) is 0 Å². The number of nitrogens with two attached hydrogens (primary N) is 4. The highest BCUT2D eigenvalue weighted by molar-refractivity contribution is 5.81. The topological polar surface area (TPSA) is 183 Å². The maximum Gasteiger partial charge on any atom is 0.236 e. The zero-order valence-corrected chi connectivity index (χ0v) is 28.4. The largest absolute Gasteiger partial charge is 0.355 e. The highest BCUT2D eigenvalue weighted by Gasteiger charge is 2.16. The van der Waals surface area contributed by atoms with E-state index in [1.165, 1.54) is 70.6 Å². The summed E-state index contributed by atoms with van der Waals surface area (Å²) in [6, 6.07) is -1.06. The molecular formula is C34H71N7O3. The molecule has 0 spiro atoms. The molecular weight excluding hydrogens is 554 g/mol. The minimum absolute atomic E-state index is 0.141. The van der Waals surface area contributed by atoms with Crippen LogP contribution in [-0.4, -0.2) is 74.0 Å². The lowest BCUT2D eigenvalue weighted by molar-refractivity contribution is -0.131. The summed E-state index contributed by atoms with van der Waals surface area (Å²) in [6.07, 6.45) is 23.0. The van der Waals surface area contributed by atoms with Gasteiger partial charge in [0.05, 0.1) is 12.1 Å². The SMILES string of the molecule is CCCCCCCCCCCCCCCC(=O)N(CCCNC(=O)[C@H](N)CCCCN)CCCNC(=O)[C@H](N)CCCCN. The molecule has 0 aliphatic heterocycles. The number of nitrogens with one attached hydrogen (secondary N) is 2. The van der Waals surface area contributed by atoms with Crippen molar-refractivity contribution < 1.29 is 14.4 Å². The molecule has 0 aromatic rings. The minimum Gasteiger partial charge on any atom is -0.355 e. The van der Waals surface area contributed by atoms with E-state index >= 15 is 0 Å². The van der Waals surface area contributed by atoms with Gasteiger partial charge in [0.1, 0.15) is 0 Å². The number of hydrogen-bond acceptors (Lipinski definition) is 7. The molecule has 0 aromatic carbocycles. The fraction of sp³-hybridized carbons (Fsp3) is 0.912. The van der Waals surface area contributed by atoms with Crippen LogP contribution < -0.4 is 33.6 Å². The summed E-state index contributed by atoms with van der Waals surface area (Å²) < 4.78 is 0. The third kappa shape index (κ3) is 25.6. The quantitative estimate of drug-likeness (QED) is 0.0605. The van der Waals surface area contributed by atoms with Gasteiger partial charge in [0.15, 0.2) is 0 Å². The maximum absolute atomic E-state index is 13.1. The van der Waals surface area contributed by atoms with Gasteiger partial charge in [0.2, 0.25) is 17.7 Å². The van der Waals surface area contributed by atoms with E-state index in [0.29, 0.717) is 71.4 Å². The molecule has 44 heavy (non-hydrogen) atoms. The Morgan fingerprint density at radius 3 is 1.32 bits per heavy atom. The molecule has 2 atom stereocenters. The molecule has 0 saturated carbocycles. The van der Waals surface area contributed by atoms with Gasteiger partial charge in [0.25, 0.3) is 0 Å². The summed E-state index contributed by atoms with van der Waals surface area (Å²) in [5, 5.41) is 5.81. The number of nitrogens with zero attached hydrogens (tertiary/aromatic N) is 1. The molecule has 0 saturated heterocycles. The Morgan fingerprint density at radius 2 is 0.932 bits per heavy atom. The molecule has 10 N–H and O–H groups in total. The molecule has 0 rings (SSSR count). The van der Waals surface area contributed by atoms with Crippen LogP contribution >= 0.6 is 0 Å². The molecule has 0 heterocycles. The third-order valence-corrected chi connectivity index (χ3v) is 8.27. The van der Waals surface area contributed by atoms with Crippen molar-refractivity contribution in [3.05, 3.63) is 0 Å². The van der Waals surface area contributed by atoms with Gasteiger partial charge in [-0.15, -0.1) is 0 Å². The first-order chi connectivity index (χ1) is 21.4. The summed E-state index contributed by atoms with van der Waals surface area (Å²) >= 11 is 0. The van der Waals surface area contributed by atoms with Crippen LogP contribution in [-0.2, 0) is 14.4 Å². The number of carbonyl (C=O) groups excluding carboxylic acids is 3. The van der Waals surface area contributed by atoms with Crippen molar-refractivity contribution in [1.82, 2.24) is 15.5 Å². The Bertz CT molecular complexity index is 660. The Morgan fingerprint density at radius 1 is 0.545 bits per heavy atom. The number of rotatable bonds is 32. The summed E-state index contributed by atoms with van der Waals surface area (Å²) in [6.45, 7) is 5.53. The van der Waals surface area contributed by atoms with E-state index in [1.54, 1.807) is 0 Å². The zero-order valence-electron chi connectivity index (χ0n) is 28.4. The molecule has 0 aliphatic carbocycles. The van der Waals surface area contributed by atoms with E-state index < -0.39 is 12.1 Å². The molecule has 3 amide bonds. The summed E-state index contributed by atoms with van der Waals surface area (Å²) in [7, 11) is 0. The van der Waals surface area contributed by atoms with Gasteiger partial charge in [-0.1, -0.05) is 96.8 Å². The van der Waals surface area contributed by atoms with Crippen molar-refractivity contribution in [2.45, 2.75) is 160 Å². The van der Waals surface area contributed by atoms with Crippen molar-refractivity contribution in [2.75, 3.05) is 39.3 Å². The predicted octanol–water partition coefficient (Wildman–Crippen LogP) is 4.22. The fourth-order valence-electron chi connectivity index (χ4n) is 5.32. The van der Waals surface area contributed by atoms with Gasteiger partial charge < -0.3 is 38.5 Å². The van der Waals surface area contributed by atoms with Crippen LogP contribution in [0.3, 0.4) is 0 Å². The van der Waals surface area contributed by atoms with Gasteiger partial charge in [-0.05, 0) is 58.0 Å². The molecule has 0 aromatic heterocycles. The summed E-state index contributed by atoms with van der Waals surface area (Å²) in [5.41, 5.74) is 23.0. The van der Waals surface area contributed by atoms with Crippen LogP contribution in [0.15, 0.2) is 0 Å². The van der Waals surface area contributed by atoms with E-state index in [1.807, 2.05) is 4.90 Å². The maximum atomic E-state index is 13.1. The van der Waals surface area contributed by atoms with Crippen molar-refractivity contribution >= 4 is 17.7 Å². The first-order valence-electron chi connectivity index (χ1n) is 18.1. The van der Waals surface area contributed by atoms with Crippen molar-refractivity contribution in [3.8, 4) is 0 Å². The molecule has 10 heteroatoms. The molecule has 0 bridgehead atoms. The lowest BCUT2D eigenvalue weighted by Gasteiger charge is -2.23. The van der Waals surface area contributed by atoms with Crippen LogP contribution in [0.4, 0.5) is 0 Å². The number of amides is 3. The Kier molecular flexibility index (Phi) is 30.0. The number of carbonyl (C=O) groups is 3. The van der Waals surface area contributed by atoms with E-state index in [2.05, 4.69) is 17.6 Å². The number of unbranched alkanes of at least 4 members (excludes halogenated alkanes) is 14. The first-order valence-corrected chi connectivity index (χ1v) is 18.1. The monoisotopic (exact) mass is 626 g/mol. The van der Waals surface area contributed by atoms with Gasteiger partial charge in [-0.25, -0.2) is 0 Å². The normalized spacial score (nSPS) is 12.6. The van der Waals surface area contributed by atoms with Crippen molar-refractivity contribution in [2.24, 2.45) is 22.9 Å². The number of hydrogen-bond donors (Lipinski definition) is 6.